The Morgan fingerprint density at radius 2 is 1.79 bits per heavy atom. The number of esters is 1. The van der Waals surface area contributed by atoms with Gasteiger partial charge in [-0.3, -0.25) is 9.59 Å². The zero-order valence-electron chi connectivity index (χ0n) is 21.0. The summed E-state index contributed by atoms with van der Waals surface area (Å²) in [4.78, 5) is 24.0. The van der Waals surface area contributed by atoms with Gasteiger partial charge in [0.2, 0.25) is 0 Å². The number of ketones is 1. The van der Waals surface area contributed by atoms with Crippen molar-refractivity contribution in [1.82, 2.24) is 0 Å². The van der Waals surface area contributed by atoms with Crippen LogP contribution in [0.4, 0.5) is 0 Å². The fourth-order valence-electron chi connectivity index (χ4n) is 8.40. The maximum atomic E-state index is 12.2. The van der Waals surface area contributed by atoms with E-state index in [4.69, 9.17) is 4.74 Å². The quantitative estimate of drug-likeness (QED) is 0.167. The molecule has 186 valence electrons. The van der Waals surface area contributed by atoms with Crippen molar-refractivity contribution in [2.45, 2.75) is 116 Å². The molecular formula is C29H45BrO3. The molecule has 0 heterocycles. The molecule has 0 aromatic carbocycles. The van der Waals surface area contributed by atoms with Gasteiger partial charge in [0, 0.05) is 24.1 Å². The summed E-state index contributed by atoms with van der Waals surface area (Å²) >= 11 is 3.53. The van der Waals surface area contributed by atoms with Gasteiger partial charge in [0.05, 0.1) is 0 Å². The first kappa shape index (κ1) is 25.5. The molecule has 7 atom stereocenters. The van der Waals surface area contributed by atoms with Crippen LogP contribution in [-0.2, 0) is 14.3 Å². The molecule has 0 spiro atoms. The molecule has 4 aliphatic carbocycles. The second-order valence-electron chi connectivity index (χ2n) is 11.8. The third-order valence-corrected chi connectivity index (χ3v) is 10.5. The number of hydrogen-bond acceptors (Lipinski definition) is 3. The van der Waals surface area contributed by atoms with Crippen molar-refractivity contribution < 1.29 is 14.3 Å². The average Bonchev–Trinajstić information content (AvgIpc) is 3.10. The van der Waals surface area contributed by atoms with E-state index in [2.05, 4.69) is 22.9 Å². The molecular weight excluding hydrogens is 476 g/mol. The molecule has 4 aliphatic rings. The first-order valence-corrected chi connectivity index (χ1v) is 15.0. The highest BCUT2D eigenvalue weighted by atomic mass is 79.9. The largest absolute Gasteiger partial charge is 0.462 e. The van der Waals surface area contributed by atoms with Crippen LogP contribution in [-0.4, -0.2) is 23.2 Å². The average molecular weight is 522 g/mol. The normalized spacial score (nSPS) is 37.7. The Morgan fingerprint density at radius 3 is 2.52 bits per heavy atom. The maximum absolute atomic E-state index is 12.2. The van der Waals surface area contributed by atoms with Crippen LogP contribution in [0.25, 0.3) is 0 Å². The highest BCUT2D eigenvalue weighted by Crippen LogP contribution is 2.64. The number of halogens is 1. The third kappa shape index (κ3) is 5.62. The lowest BCUT2D eigenvalue weighted by Gasteiger charge is -2.56. The topological polar surface area (TPSA) is 43.4 Å². The predicted molar refractivity (Wildman–Crippen MR) is 137 cm³/mol. The van der Waals surface area contributed by atoms with Gasteiger partial charge in [-0.25, -0.2) is 0 Å². The minimum atomic E-state index is -0.115. The van der Waals surface area contributed by atoms with Crippen molar-refractivity contribution in [3.8, 4) is 0 Å². The second kappa shape index (κ2) is 11.4. The lowest BCUT2D eigenvalue weighted by atomic mass is 9.49. The van der Waals surface area contributed by atoms with Crippen molar-refractivity contribution >= 4 is 27.7 Å². The van der Waals surface area contributed by atoms with E-state index in [1.165, 1.54) is 76.2 Å². The van der Waals surface area contributed by atoms with Gasteiger partial charge in [-0.1, -0.05) is 67.0 Å². The third-order valence-electron chi connectivity index (χ3n) is 9.90. The summed E-state index contributed by atoms with van der Waals surface area (Å²) in [5.41, 5.74) is 1.64. The molecule has 0 saturated heterocycles. The van der Waals surface area contributed by atoms with Crippen LogP contribution in [0.5, 0.6) is 0 Å². The Labute approximate surface area is 210 Å². The number of allylic oxidation sites excluding steroid dienone is 1. The number of ether oxygens (including phenoxy) is 1. The number of unbranched alkanes of at least 4 members (excludes halogenated alkanes) is 6. The van der Waals surface area contributed by atoms with Crippen LogP contribution < -0.4 is 0 Å². The summed E-state index contributed by atoms with van der Waals surface area (Å²) in [5.74, 6) is 3.75. The Kier molecular flexibility index (Phi) is 8.79. The van der Waals surface area contributed by atoms with Crippen molar-refractivity contribution in [3.05, 3.63) is 11.6 Å². The standard InChI is InChI=1S/C29H45BrO3/c1-20(31)33-27-14-13-26-28-21(10-8-6-4-3-5-7-9-17-30)18-22-19-23(32)11-12-24(22)25(28)15-16-29(26,27)2/h19,21,24-28H,3-18H2,1-2H3/t21?,24-,25?,26?,27-,28?,29-/m0/s1. The predicted octanol–water partition coefficient (Wildman–Crippen LogP) is 7.80. The lowest BCUT2D eigenvalue weighted by Crippen LogP contribution is -2.51. The number of fused-ring (bicyclic) bond motifs is 5. The van der Waals surface area contributed by atoms with Crippen LogP contribution in [0.1, 0.15) is 110 Å². The van der Waals surface area contributed by atoms with Gasteiger partial charge < -0.3 is 4.74 Å². The Morgan fingerprint density at radius 1 is 1.06 bits per heavy atom. The molecule has 33 heavy (non-hydrogen) atoms. The molecule has 4 rings (SSSR count). The van der Waals surface area contributed by atoms with E-state index in [0.29, 0.717) is 23.5 Å². The highest BCUT2D eigenvalue weighted by molar-refractivity contribution is 9.09. The fourth-order valence-corrected chi connectivity index (χ4v) is 8.80. The lowest BCUT2D eigenvalue weighted by molar-refractivity contribution is -0.157. The number of carbonyl (C=O) groups is 2. The van der Waals surface area contributed by atoms with Crippen molar-refractivity contribution in [3.63, 3.8) is 0 Å². The fraction of sp³-hybridized carbons (Fsp3) is 0.862. The van der Waals surface area contributed by atoms with E-state index in [-0.39, 0.29) is 17.5 Å². The zero-order chi connectivity index (χ0) is 23.4. The van der Waals surface area contributed by atoms with Crippen LogP contribution in [0, 0.1) is 35.0 Å². The first-order chi connectivity index (χ1) is 15.9. The van der Waals surface area contributed by atoms with Crippen molar-refractivity contribution in [2.24, 2.45) is 35.0 Å². The van der Waals surface area contributed by atoms with E-state index in [1.807, 2.05) is 6.08 Å². The van der Waals surface area contributed by atoms with E-state index in [9.17, 15) is 9.59 Å². The number of alkyl halides is 1. The molecule has 0 bridgehead atoms. The van der Waals surface area contributed by atoms with E-state index < -0.39 is 0 Å². The van der Waals surface area contributed by atoms with Gasteiger partial charge in [0.25, 0.3) is 0 Å². The van der Waals surface area contributed by atoms with Crippen LogP contribution in [0.15, 0.2) is 11.6 Å². The van der Waals surface area contributed by atoms with Gasteiger partial charge in [-0.05, 0) is 87.0 Å². The molecule has 0 aliphatic heterocycles. The number of rotatable bonds is 10. The van der Waals surface area contributed by atoms with Crippen LogP contribution in [0.2, 0.25) is 0 Å². The maximum Gasteiger partial charge on any atom is 0.302 e. The molecule has 3 fully saturated rings. The molecule has 0 aromatic rings. The van der Waals surface area contributed by atoms with E-state index >= 15 is 0 Å². The summed E-state index contributed by atoms with van der Waals surface area (Å²) in [6, 6.07) is 0. The SMILES string of the molecule is CC(=O)O[C@H]1CCC2C3C(CCCCCCCCCBr)CC4=CC(=O)CC[C@@H]4C3CC[C@@]21C. The second-order valence-corrected chi connectivity index (χ2v) is 12.6. The van der Waals surface area contributed by atoms with Crippen LogP contribution in [0.3, 0.4) is 0 Å². The number of carbonyl (C=O) groups excluding carboxylic acids is 2. The molecule has 3 saturated carbocycles. The van der Waals surface area contributed by atoms with E-state index in [0.717, 1.165) is 42.8 Å². The first-order valence-electron chi connectivity index (χ1n) is 13.9. The van der Waals surface area contributed by atoms with Gasteiger partial charge in [-0.15, -0.1) is 0 Å². The minimum Gasteiger partial charge on any atom is -0.462 e. The monoisotopic (exact) mass is 520 g/mol. The number of hydrogen-bond donors (Lipinski definition) is 0. The van der Waals surface area contributed by atoms with Crippen LogP contribution >= 0.6 is 15.9 Å². The molecule has 4 heteroatoms. The Hall–Kier alpha value is -0.640. The van der Waals surface area contributed by atoms with Gasteiger partial charge >= 0.3 is 5.97 Å². The molecule has 3 nitrogen and oxygen atoms in total. The van der Waals surface area contributed by atoms with E-state index in [1.54, 1.807) is 6.92 Å². The molecule has 0 radical (unpaired) electrons. The zero-order valence-corrected chi connectivity index (χ0v) is 22.5. The summed E-state index contributed by atoms with van der Waals surface area (Å²) in [6.07, 6.45) is 20.5. The van der Waals surface area contributed by atoms with Gasteiger partial charge in [-0.2, -0.15) is 0 Å². The van der Waals surface area contributed by atoms with Crippen molar-refractivity contribution in [1.29, 1.82) is 0 Å². The smallest absolute Gasteiger partial charge is 0.302 e. The molecule has 0 N–H and O–H groups in total. The van der Waals surface area contributed by atoms with Gasteiger partial charge in [0.1, 0.15) is 6.10 Å². The Bertz CT molecular complexity index is 730. The summed E-state index contributed by atoms with van der Waals surface area (Å²) < 4.78 is 5.87. The molecule has 0 amide bonds. The van der Waals surface area contributed by atoms with Gasteiger partial charge in [0.15, 0.2) is 5.78 Å². The summed E-state index contributed by atoms with van der Waals surface area (Å²) in [6.45, 7) is 4.00. The molecule has 0 aromatic heterocycles. The van der Waals surface area contributed by atoms with Crippen molar-refractivity contribution in [2.75, 3.05) is 5.33 Å². The molecule has 4 unspecified atom stereocenters. The minimum absolute atomic E-state index is 0.103. The Balaban J connectivity index is 1.44. The summed E-state index contributed by atoms with van der Waals surface area (Å²) in [7, 11) is 0. The highest BCUT2D eigenvalue weighted by Gasteiger charge is 2.59. The summed E-state index contributed by atoms with van der Waals surface area (Å²) in [5, 5.41) is 1.13.